The fourth-order valence-corrected chi connectivity index (χ4v) is 2.50. The second kappa shape index (κ2) is 5.15. The highest BCUT2D eigenvalue weighted by atomic mass is 79.9. The van der Waals surface area contributed by atoms with Crippen LogP contribution >= 0.6 is 15.9 Å². The number of benzene rings is 2. The molecule has 0 unspecified atom stereocenters. The van der Waals surface area contributed by atoms with Crippen molar-refractivity contribution in [3.63, 3.8) is 0 Å². The van der Waals surface area contributed by atoms with Crippen LogP contribution in [0.2, 0.25) is 0 Å². The van der Waals surface area contributed by atoms with Gasteiger partial charge in [0.1, 0.15) is 0 Å². The maximum absolute atomic E-state index is 3.54. The monoisotopic (exact) mass is 303 g/mol. The van der Waals surface area contributed by atoms with Crippen molar-refractivity contribution in [2.45, 2.75) is 26.3 Å². The van der Waals surface area contributed by atoms with Crippen molar-refractivity contribution in [2.75, 3.05) is 4.90 Å². The number of hydrogen-bond donors (Lipinski definition) is 0. The van der Waals surface area contributed by atoms with Gasteiger partial charge in [0.2, 0.25) is 0 Å². The number of nitrogens with zero attached hydrogens (tertiary/aromatic N) is 1. The van der Waals surface area contributed by atoms with Crippen LogP contribution in [0.15, 0.2) is 59.1 Å². The number of rotatable bonds is 2. The van der Waals surface area contributed by atoms with Crippen LogP contribution in [0.5, 0.6) is 0 Å². The number of hydrogen-bond acceptors (Lipinski definition) is 1. The van der Waals surface area contributed by atoms with Gasteiger partial charge in [0.15, 0.2) is 0 Å². The molecule has 2 aromatic carbocycles. The van der Waals surface area contributed by atoms with E-state index in [1.807, 2.05) is 6.07 Å². The van der Waals surface area contributed by atoms with Crippen molar-refractivity contribution in [1.29, 1.82) is 0 Å². The summed E-state index contributed by atoms with van der Waals surface area (Å²) in [6.45, 7) is 6.67. The molecule has 0 aromatic heterocycles. The van der Waals surface area contributed by atoms with Gasteiger partial charge in [0, 0.05) is 21.4 Å². The van der Waals surface area contributed by atoms with E-state index in [0.29, 0.717) is 0 Å². The predicted octanol–water partition coefficient (Wildman–Crippen LogP) is 5.39. The molecule has 18 heavy (non-hydrogen) atoms. The molecule has 0 radical (unpaired) electrons. The molecule has 0 fully saturated rings. The summed E-state index contributed by atoms with van der Waals surface area (Å²) in [5.74, 6) is 0. The minimum absolute atomic E-state index is 0.0299. The van der Waals surface area contributed by atoms with Crippen molar-refractivity contribution in [3.05, 3.63) is 59.1 Å². The Bertz CT molecular complexity index is 514. The lowest BCUT2D eigenvalue weighted by Crippen LogP contribution is -2.37. The van der Waals surface area contributed by atoms with Crippen molar-refractivity contribution in [1.82, 2.24) is 0 Å². The van der Waals surface area contributed by atoms with Crippen LogP contribution in [0.3, 0.4) is 0 Å². The first-order valence-electron chi connectivity index (χ1n) is 6.09. The molecule has 1 nitrogen and oxygen atoms in total. The van der Waals surface area contributed by atoms with E-state index in [1.54, 1.807) is 0 Å². The molecule has 0 bridgehead atoms. The van der Waals surface area contributed by atoms with Crippen molar-refractivity contribution < 1.29 is 0 Å². The van der Waals surface area contributed by atoms with Crippen LogP contribution in [0.4, 0.5) is 11.4 Å². The molecule has 0 aliphatic carbocycles. The molecule has 0 saturated heterocycles. The predicted molar refractivity (Wildman–Crippen MR) is 82.5 cm³/mol. The lowest BCUT2D eigenvalue weighted by molar-refractivity contribution is 0.560. The lowest BCUT2D eigenvalue weighted by atomic mass is 10.0. The Kier molecular flexibility index (Phi) is 3.76. The molecule has 0 atom stereocenters. The average molecular weight is 304 g/mol. The van der Waals surface area contributed by atoms with E-state index >= 15 is 0 Å². The van der Waals surface area contributed by atoms with E-state index < -0.39 is 0 Å². The Labute approximate surface area is 118 Å². The molecular formula is C16H18BrN. The van der Waals surface area contributed by atoms with Gasteiger partial charge in [-0.05, 0) is 51.1 Å². The van der Waals surface area contributed by atoms with Gasteiger partial charge in [-0.15, -0.1) is 0 Å². The quantitative estimate of drug-likeness (QED) is 0.719. The van der Waals surface area contributed by atoms with Gasteiger partial charge in [-0.25, -0.2) is 0 Å². The highest BCUT2D eigenvalue weighted by molar-refractivity contribution is 9.10. The zero-order valence-electron chi connectivity index (χ0n) is 11.0. The summed E-state index contributed by atoms with van der Waals surface area (Å²) in [4.78, 5) is 2.34. The zero-order chi connectivity index (χ0) is 13.2. The SMILES string of the molecule is CC(C)(C)N(c1ccccc1)c1cccc(Br)c1. The molecule has 0 amide bonds. The van der Waals surface area contributed by atoms with Crippen LogP contribution in [0.1, 0.15) is 20.8 Å². The Morgan fingerprint density at radius 2 is 1.44 bits per heavy atom. The second-order valence-electron chi connectivity index (χ2n) is 5.32. The van der Waals surface area contributed by atoms with Gasteiger partial charge in [-0.1, -0.05) is 40.2 Å². The van der Waals surface area contributed by atoms with Crippen molar-refractivity contribution in [2.24, 2.45) is 0 Å². The summed E-state index contributed by atoms with van der Waals surface area (Å²) in [5.41, 5.74) is 2.44. The molecule has 0 saturated carbocycles. The first-order valence-corrected chi connectivity index (χ1v) is 6.88. The minimum atomic E-state index is 0.0299. The van der Waals surface area contributed by atoms with Gasteiger partial charge >= 0.3 is 0 Å². The van der Waals surface area contributed by atoms with Gasteiger partial charge < -0.3 is 4.90 Å². The van der Waals surface area contributed by atoms with E-state index in [9.17, 15) is 0 Å². The molecule has 0 heterocycles. The molecular weight excluding hydrogens is 286 g/mol. The molecule has 2 aromatic rings. The van der Waals surface area contributed by atoms with Gasteiger partial charge in [-0.3, -0.25) is 0 Å². The van der Waals surface area contributed by atoms with Crippen molar-refractivity contribution >= 4 is 27.3 Å². The normalized spacial score (nSPS) is 11.3. The third-order valence-corrected chi connectivity index (χ3v) is 3.24. The molecule has 0 N–H and O–H groups in total. The summed E-state index contributed by atoms with van der Waals surface area (Å²) < 4.78 is 1.10. The molecule has 2 heteroatoms. The summed E-state index contributed by atoms with van der Waals surface area (Å²) in [6.07, 6.45) is 0. The number of para-hydroxylation sites is 1. The molecule has 0 aliphatic rings. The van der Waals surface area contributed by atoms with Crippen molar-refractivity contribution in [3.8, 4) is 0 Å². The maximum atomic E-state index is 3.54. The minimum Gasteiger partial charge on any atom is -0.336 e. The number of halogens is 1. The largest absolute Gasteiger partial charge is 0.336 e. The number of anilines is 2. The molecule has 0 aliphatic heterocycles. The van der Waals surface area contributed by atoms with Crippen LogP contribution in [0, 0.1) is 0 Å². The third kappa shape index (κ3) is 2.94. The summed E-state index contributed by atoms with van der Waals surface area (Å²) in [7, 11) is 0. The highest BCUT2D eigenvalue weighted by Crippen LogP contribution is 2.34. The Morgan fingerprint density at radius 3 is 2.00 bits per heavy atom. The lowest BCUT2D eigenvalue weighted by Gasteiger charge is -2.38. The zero-order valence-corrected chi connectivity index (χ0v) is 12.6. The second-order valence-corrected chi connectivity index (χ2v) is 6.24. The first kappa shape index (κ1) is 13.2. The van der Waals surface area contributed by atoms with E-state index in [1.165, 1.54) is 11.4 Å². The molecule has 94 valence electrons. The Balaban J connectivity index is 2.51. The van der Waals surface area contributed by atoms with Crippen LogP contribution < -0.4 is 4.90 Å². The fraction of sp³-hybridized carbons (Fsp3) is 0.250. The van der Waals surface area contributed by atoms with Gasteiger partial charge in [-0.2, -0.15) is 0 Å². The first-order chi connectivity index (χ1) is 8.48. The fourth-order valence-electron chi connectivity index (χ4n) is 2.12. The van der Waals surface area contributed by atoms with E-state index in [2.05, 4.69) is 90.1 Å². The van der Waals surface area contributed by atoms with Gasteiger partial charge in [0.05, 0.1) is 0 Å². The standard InChI is InChI=1S/C16H18BrN/c1-16(2,3)18(14-9-5-4-6-10-14)15-11-7-8-13(17)12-15/h4-12H,1-3H3. The average Bonchev–Trinajstić information content (AvgIpc) is 2.28. The van der Waals surface area contributed by atoms with E-state index in [0.717, 1.165) is 4.47 Å². The topological polar surface area (TPSA) is 3.24 Å². The van der Waals surface area contributed by atoms with Crippen LogP contribution in [-0.2, 0) is 0 Å². The third-order valence-electron chi connectivity index (χ3n) is 2.75. The maximum Gasteiger partial charge on any atom is 0.0427 e. The summed E-state index contributed by atoms with van der Waals surface area (Å²) in [5, 5.41) is 0. The smallest absolute Gasteiger partial charge is 0.0427 e. The van der Waals surface area contributed by atoms with E-state index in [4.69, 9.17) is 0 Å². The summed E-state index contributed by atoms with van der Waals surface area (Å²) >= 11 is 3.54. The molecule has 2 rings (SSSR count). The Morgan fingerprint density at radius 1 is 0.833 bits per heavy atom. The van der Waals surface area contributed by atoms with E-state index in [-0.39, 0.29) is 5.54 Å². The molecule has 0 spiro atoms. The van der Waals surface area contributed by atoms with Crippen LogP contribution in [-0.4, -0.2) is 5.54 Å². The van der Waals surface area contributed by atoms with Crippen LogP contribution in [0.25, 0.3) is 0 Å². The highest BCUT2D eigenvalue weighted by Gasteiger charge is 2.23. The Hall–Kier alpha value is -1.28. The van der Waals surface area contributed by atoms with Gasteiger partial charge in [0.25, 0.3) is 0 Å². The summed E-state index contributed by atoms with van der Waals surface area (Å²) in [6, 6.07) is 18.9.